The van der Waals surface area contributed by atoms with Crippen molar-refractivity contribution in [2.24, 2.45) is 0 Å². The number of likely N-dealkylation sites (tertiary alicyclic amines) is 3. The summed E-state index contributed by atoms with van der Waals surface area (Å²) in [5.74, 6) is -14.0. The van der Waals surface area contributed by atoms with Crippen LogP contribution in [0.1, 0.15) is 302 Å². The molecule has 6 N–H and O–H groups in total. The van der Waals surface area contributed by atoms with Crippen LogP contribution >= 0.6 is 0 Å². The number of nitrogens with zero attached hydrogens (tertiary/aromatic N) is 8. The van der Waals surface area contributed by atoms with Gasteiger partial charge in [-0.25, -0.2) is 47.8 Å². The van der Waals surface area contributed by atoms with Crippen LogP contribution in [0.25, 0.3) is 0 Å². The number of hydrogen-bond acceptors (Lipinski definition) is 11. The quantitative estimate of drug-likeness (QED) is 0.0367. The number of benzene rings is 4. The lowest BCUT2D eigenvalue weighted by Gasteiger charge is -2.35. The molecule has 0 aliphatic carbocycles. The molecule has 130 heavy (non-hydrogen) atoms. The molecule has 5 amide bonds. The van der Waals surface area contributed by atoms with E-state index in [9.17, 15) is 77.4 Å². The van der Waals surface area contributed by atoms with Crippen molar-refractivity contribution >= 4 is 68.3 Å². The van der Waals surface area contributed by atoms with Gasteiger partial charge in [0.05, 0.1) is 41.7 Å². The van der Waals surface area contributed by atoms with E-state index < -0.39 is 39.7 Å². The molecule has 4 aliphatic heterocycles. The van der Waals surface area contributed by atoms with E-state index in [0.717, 1.165) is 125 Å². The monoisotopic (exact) mass is 1830 g/mol. The minimum atomic E-state index is -3.23. The number of hydrogen-bond donors (Lipinski definition) is 6. The van der Waals surface area contributed by atoms with E-state index in [2.05, 4.69) is 128 Å². The Hall–Kier alpha value is -9.95. The number of alkyl halides is 8. The van der Waals surface area contributed by atoms with Crippen LogP contribution in [-0.4, -0.2) is 170 Å². The molecule has 4 aliphatic rings. The molecule has 4 aromatic heterocycles. The van der Waals surface area contributed by atoms with Crippen LogP contribution < -0.4 is 21.3 Å². The number of aliphatic carboxylic acids is 1. The number of aliphatic hydroxyl groups is 1. The highest BCUT2D eigenvalue weighted by atomic mass is 32.2. The number of halogens is 8. The molecule has 4 fully saturated rings. The molecule has 0 bridgehead atoms. The van der Waals surface area contributed by atoms with Crippen LogP contribution in [-0.2, 0) is 65.0 Å². The third-order valence-electron chi connectivity index (χ3n) is 24.9. The number of rotatable bonds is 21. The van der Waals surface area contributed by atoms with Crippen molar-refractivity contribution in [2.75, 3.05) is 99.6 Å². The van der Waals surface area contributed by atoms with Gasteiger partial charge in [-0.1, -0.05) is 132 Å². The Balaban J connectivity index is 0.000000195. The second-order valence-electron chi connectivity index (χ2n) is 39.6. The second kappa shape index (κ2) is 41.0. The number of nitrogens with one attached hydrogen (secondary N) is 4. The summed E-state index contributed by atoms with van der Waals surface area (Å²) in [5, 5.41) is 29.4. The normalized spacial score (nSPS) is 16.2. The number of carbonyl (C=O) groups excluding carboxylic acids is 5. The van der Waals surface area contributed by atoms with Gasteiger partial charge in [0.1, 0.15) is 0 Å². The average molecular weight is 1840 g/mol. The van der Waals surface area contributed by atoms with Gasteiger partial charge in [0, 0.05) is 230 Å². The van der Waals surface area contributed by atoms with Crippen LogP contribution in [0, 0.1) is 27.7 Å². The Morgan fingerprint density at radius 3 is 0.808 bits per heavy atom. The first kappa shape index (κ1) is 104. The number of carbonyl (C=O) groups is 6. The van der Waals surface area contributed by atoms with Crippen LogP contribution in [0.3, 0.4) is 0 Å². The summed E-state index contributed by atoms with van der Waals surface area (Å²) in [7, 11) is -3.23. The van der Waals surface area contributed by atoms with E-state index in [1.165, 1.54) is 83.4 Å². The first-order valence-corrected chi connectivity index (χ1v) is 46.5. The van der Waals surface area contributed by atoms with E-state index in [1.54, 1.807) is 31.2 Å². The van der Waals surface area contributed by atoms with Gasteiger partial charge in [-0.05, 0) is 152 Å². The molecule has 0 radical (unpaired) electrons. The predicted octanol–water partition coefficient (Wildman–Crippen LogP) is 21.0. The lowest BCUT2D eigenvalue weighted by Crippen LogP contribution is -2.39. The highest BCUT2D eigenvalue weighted by Crippen LogP contribution is 2.43. The number of β-amino-alcohol motifs (C(OH)–C–C–N with tert-alkyl or cyclic N) is 1. The molecule has 712 valence electrons. The molecule has 0 atom stereocenters. The minimum Gasteiger partial charge on any atom is -0.480 e. The maximum atomic E-state index is 13.7. The molecule has 0 spiro atoms. The van der Waals surface area contributed by atoms with Gasteiger partial charge < -0.3 is 59.5 Å². The van der Waals surface area contributed by atoms with Crippen molar-refractivity contribution in [3.63, 3.8) is 0 Å². The summed E-state index contributed by atoms with van der Waals surface area (Å²) in [6, 6.07) is 31.4. The topological polar surface area (TPSA) is 258 Å². The first-order valence-electron chi connectivity index (χ1n) is 44.6. The maximum Gasteiger partial charge on any atom is 0.317 e. The SMILES string of the molecule is CC(=O)N1CCC(n2c(C(C)(C)C)cc(C(=O)Nc3cccc(C(C)(F)F)c3)c2C)CC1.Cc1c(C(=O)Nc2cccc(C(C)(F)F)c2)cc(C(C)(C)C)n1C1CCN(CC(=O)O)CC1.Cc1c(C(=O)Nc2cccc(C(C)(F)F)c2)cc(C(C)(C)C)n1C1CCN(CCO)CC1.Cc1c(C(=O)Nc2cccc(C(C)(F)F)c2)cc(C(C)(C)C)n1C1CCN(S(C)(=O)=O)CC1. The highest BCUT2D eigenvalue weighted by molar-refractivity contribution is 7.88. The summed E-state index contributed by atoms with van der Waals surface area (Å²) in [5.41, 5.74) is 9.55. The molecule has 0 saturated carbocycles. The summed E-state index contributed by atoms with van der Waals surface area (Å²) in [4.78, 5) is 81.4. The summed E-state index contributed by atoms with van der Waals surface area (Å²) in [6.45, 7) is 44.1. The predicted molar refractivity (Wildman–Crippen MR) is 497 cm³/mol. The zero-order valence-corrected chi connectivity index (χ0v) is 80.3. The van der Waals surface area contributed by atoms with Gasteiger partial charge in [-0.2, -0.15) is 0 Å². The van der Waals surface area contributed by atoms with Crippen LogP contribution in [0.15, 0.2) is 121 Å². The number of carboxylic acids is 1. The van der Waals surface area contributed by atoms with Gasteiger partial charge in [0.25, 0.3) is 47.3 Å². The molecule has 4 aromatic carbocycles. The number of amides is 5. The molecule has 31 heteroatoms. The van der Waals surface area contributed by atoms with Gasteiger partial charge in [0.2, 0.25) is 15.9 Å². The van der Waals surface area contributed by atoms with E-state index in [1.807, 2.05) is 61.8 Å². The molecule has 8 heterocycles. The molecular weight excluding hydrogens is 1700 g/mol. The third kappa shape index (κ3) is 26.5. The van der Waals surface area contributed by atoms with Gasteiger partial charge in [-0.15, -0.1) is 0 Å². The lowest BCUT2D eigenvalue weighted by atomic mass is 9.91. The fourth-order valence-corrected chi connectivity index (χ4v) is 18.7. The minimum absolute atomic E-state index is 0.0348. The van der Waals surface area contributed by atoms with Crippen molar-refractivity contribution in [3.05, 3.63) is 211 Å². The fraction of sp³-hybridized carbons (Fsp3) is 0.535. The van der Waals surface area contributed by atoms with E-state index in [4.69, 9.17) is 5.11 Å². The fourth-order valence-electron chi connectivity index (χ4n) is 17.8. The summed E-state index contributed by atoms with van der Waals surface area (Å²) < 4.78 is 144. The number of anilines is 4. The van der Waals surface area contributed by atoms with Crippen molar-refractivity contribution in [1.82, 2.24) is 37.3 Å². The first-order chi connectivity index (χ1) is 60.1. The Labute approximate surface area is 761 Å². The van der Waals surface area contributed by atoms with Gasteiger partial charge in [0.15, 0.2) is 0 Å². The zero-order valence-electron chi connectivity index (χ0n) is 79.5. The zero-order chi connectivity index (χ0) is 96.8. The number of aromatic nitrogens is 4. The smallest absolute Gasteiger partial charge is 0.317 e. The average Bonchev–Trinajstić information content (AvgIpc) is 1.63. The van der Waals surface area contributed by atoms with Crippen molar-refractivity contribution in [2.45, 2.75) is 266 Å². The van der Waals surface area contributed by atoms with Crippen molar-refractivity contribution in [3.8, 4) is 0 Å². The van der Waals surface area contributed by atoms with Gasteiger partial charge >= 0.3 is 5.97 Å². The molecular formula is C99H134F8N12O10S. The van der Waals surface area contributed by atoms with E-state index >= 15 is 0 Å². The Morgan fingerprint density at radius 2 is 0.600 bits per heavy atom. The summed E-state index contributed by atoms with van der Waals surface area (Å²) >= 11 is 0. The van der Waals surface area contributed by atoms with Crippen LogP contribution in [0.5, 0.6) is 0 Å². The highest BCUT2D eigenvalue weighted by Gasteiger charge is 2.39. The van der Waals surface area contributed by atoms with Gasteiger partial charge in [-0.3, -0.25) is 33.7 Å². The van der Waals surface area contributed by atoms with E-state index in [-0.39, 0.29) is 111 Å². The summed E-state index contributed by atoms with van der Waals surface area (Å²) in [6.07, 6.45) is 7.67. The standard InChI is InChI=1S/C25H33F2N3O3.C25H33F2N3O2.C25H35F2N3O2.C24H33F2N3O3S/c1-16-20(23(33)28-18-8-6-7-17(13-18)25(5,26)27)14-21(24(2,3)4)30(16)19-9-11-29(12-10-19)15-22(31)32;1-16-21(23(32)28-19-9-7-8-18(14-19)25(6,26)27)15-22(24(3,4)5)30(16)20-10-12-29(13-11-20)17(2)31;1-17-21(23(32)28-19-8-6-7-18(15-19)25(5,26)27)16-22(24(2,3)4)30(17)20-9-11-29(12-10-20)13-14-31;1-16-20(22(30)27-18-9-7-8-17(14-18)24(5,25)26)15-21(23(2,3)4)29(16)19-10-12-28(13-11-19)33(6,31)32/h6-8,13-14,19H,9-12,15H2,1-5H3,(H,28,33)(H,31,32);7-9,14-15,20H,10-13H2,1-6H3,(H,28,32);6-8,15-16,20,31H,9-14H2,1-5H3,(H,28,32);7-9,14-15,19H,10-13H2,1-6H3,(H,27,30). The molecule has 12 rings (SSSR count). The third-order valence-corrected chi connectivity index (χ3v) is 26.2. The number of carboxylic acid groups (broad SMARTS) is 1. The maximum absolute atomic E-state index is 13.7. The molecule has 22 nitrogen and oxygen atoms in total. The second-order valence-corrected chi connectivity index (χ2v) is 41.6. The van der Waals surface area contributed by atoms with Crippen molar-refractivity contribution in [1.29, 1.82) is 0 Å². The lowest BCUT2D eigenvalue weighted by molar-refractivity contribution is -0.138. The molecule has 4 saturated heterocycles. The molecule has 8 aromatic rings. The van der Waals surface area contributed by atoms with Crippen LogP contribution in [0.2, 0.25) is 0 Å². The Morgan fingerprint density at radius 1 is 0.369 bits per heavy atom. The molecule has 0 unspecified atom stereocenters. The number of piperidine rings is 4. The van der Waals surface area contributed by atoms with Crippen molar-refractivity contribution < 1.29 is 82.5 Å². The number of sulfonamides is 1. The number of aliphatic hydroxyl groups excluding tert-OH is 1. The Bertz CT molecular complexity index is 5450. The van der Waals surface area contributed by atoms with Crippen LogP contribution in [0.4, 0.5) is 57.9 Å². The van der Waals surface area contributed by atoms with E-state index in [0.29, 0.717) is 104 Å². The largest absolute Gasteiger partial charge is 0.480 e. The Kier molecular flexibility index (Phi) is 32.8.